The summed E-state index contributed by atoms with van der Waals surface area (Å²) in [6.45, 7) is 0. The van der Waals surface area contributed by atoms with Gasteiger partial charge in [-0.1, -0.05) is 29.8 Å². The smallest absolute Gasteiger partial charge is 0.238 e. The molecule has 0 saturated carbocycles. The van der Waals surface area contributed by atoms with Gasteiger partial charge < -0.3 is 5.32 Å². The van der Waals surface area contributed by atoms with E-state index in [-0.39, 0.29) is 16.8 Å². The molecule has 102 valence electrons. The van der Waals surface area contributed by atoms with Gasteiger partial charge in [-0.3, -0.25) is 4.79 Å². The van der Waals surface area contributed by atoms with Gasteiger partial charge in [-0.05, 0) is 36.2 Å². The Balaban J connectivity index is 1.72. The molecule has 0 bridgehead atoms. The molecule has 1 unspecified atom stereocenters. The lowest BCUT2D eigenvalue weighted by Crippen LogP contribution is -2.25. The predicted octanol–water partition coefficient (Wildman–Crippen LogP) is 4.13. The Morgan fingerprint density at radius 3 is 2.85 bits per heavy atom. The number of carbonyl (C=O) groups is 1. The summed E-state index contributed by atoms with van der Waals surface area (Å²) < 4.78 is 13.7. The molecule has 2 aromatic carbocycles. The summed E-state index contributed by atoms with van der Waals surface area (Å²) in [4.78, 5) is 13.3. The van der Waals surface area contributed by atoms with Crippen LogP contribution in [0.2, 0.25) is 5.02 Å². The third-order valence-corrected chi connectivity index (χ3v) is 4.68. The lowest BCUT2D eigenvalue weighted by molar-refractivity contribution is -0.115. The van der Waals surface area contributed by atoms with E-state index in [1.54, 1.807) is 6.07 Å². The molecule has 0 fully saturated rings. The monoisotopic (exact) mass is 307 g/mol. The number of thioether (sulfide) groups is 1. The van der Waals surface area contributed by atoms with Crippen molar-refractivity contribution in [2.24, 2.45) is 0 Å². The second kappa shape index (κ2) is 5.46. The minimum absolute atomic E-state index is 0.163. The Bertz CT molecular complexity index is 652. The number of rotatable bonds is 2. The summed E-state index contributed by atoms with van der Waals surface area (Å²) in [6, 6.07) is 12.1. The first kappa shape index (κ1) is 13.5. The van der Waals surface area contributed by atoms with E-state index in [0.717, 1.165) is 10.5 Å². The van der Waals surface area contributed by atoms with Gasteiger partial charge in [0.05, 0.1) is 10.9 Å². The van der Waals surface area contributed by atoms with Crippen molar-refractivity contribution in [3.63, 3.8) is 0 Å². The van der Waals surface area contributed by atoms with Crippen LogP contribution in [0.15, 0.2) is 47.4 Å². The summed E-state index contributed by atoms with van der Waals surface area (Å²) in [7, 11) is 0. The fourth-order valence-electron chi connectivity index (χ4n) is 2.13. The van der Waals surface area contributed by atoms with E-state index < -0.39 is 5.82 Å². The van der Waals surface area contributed by atoms with Crippen LogP contribution in [0.25, 0.3) is 0 Å². The Morgan fingerprint density at radius 2 is 2.10 bits per heavy atom. The fourth-order valence-corrected chi connectivity index (χ4v) is 3.49. The molecule has 0 aliphatic carbocycles. The molecule has 3 rings (SSSR count). The summed E-state index contributed by atoms with van der Waals surface area (Å²) in [5.41, 5.74) is 1.32. The maximum absolute atomic E-state index is 13.7. The quantitative estimate of drug-likeness (QED) is 0.903. The first-order valence-corrected chi connectivity index (χ1v) is 7.40. The van der Waals surface area contributed by atoms with E-state index in [1.165, 1.54) is 23.9 Å². The lowest BCUT2D eigenvalue weighted by atomic mass is 10.1. The summed E-state index contributed by atoms with van der Waals surface area (Å²) in [5.74, 6) is -0.709. The van der Waals surface area contributed by atoms with Crippen molar-refractivity contribution in [2.45, 2.75) is 16.6 Å². The van der Waals surface area contributed by atoms with Crippen molar-refractivity contribution in [3.05, 3.63) is 58.9 Å². The van der Waals surface area contributed by atoms with Gasteiger partial charge in [0.2, 0.25) is 5.91 Å². The second-order valence-electron chi connectivity index (χ2n) is 4.53. The Morgan fingerprint density at radius 1 is 1.30 bits per heavy atom. The van der Waals surface area contributed by atoms with Gasteiger partial charge in [-0.25, -0.2) is 4.39 Å². The molecule has 1 aliphatic rings. The Labute approximate surface area is 125 Å². The van der Waals surface area contributed by atoms with E-state index in [9.17, 15) is 9.18 Å². The number of amides is 1. The highest BCUT2D eigenvalue weighted by molar-refractivity contribution is 8.01. The van der Waals surface area contributed by atoms with Crippen molar-refractivity contribution in [1.82, 2.24) is 0 Å². The zero-order chi connectivity index (χ0) is 14.1. The summed E-state index contributed by atoms with van der Waals surface area (Å²) in [6.07, 6.45) is 0.669. The number of carbonyl (C=O) groups excluding carboxylic acids is 1. The van der Waals surface area contributed by atoms with E-state index in [2.05, 4.69) is 5.32 Å². The largest absolute Gasteiger partial charge is 0.323 e. The second-order valence-corrected chi connectivity index (χ2v) is 6.21. The number of fused-ring (bicyclic) bond motifs is 1. The molecule has 1 amide bonds. The molecule has 20 heavy (non-hydrogen) atoms. The van der Waals surface area contributed by atoms with Crippen LogP contribution in [0.4, 0.5) is 10.1 Å². The molecular weight excluding hydrogens is 297 g/mol. The van der Waals surface area contributed by atoms with E-state index in [1.807, 2.05) is 24.3 Å². The molecule has 1 aliphatic heterocycles. The van der Waals surface area contributed by atoms with Gasteiger partial charge >= 0.3 is 0 Å². The number of anilines is 1. The lowest BCUT2D eigenvalue weighted by Gasteiger charge is -2.10. The van der Waals surface area contributed by atoms with Crippen molar-refractivity contribution in [1.29, 1.82) is 0 Å². The van der Waals surface area contributed by atoms with Crippen molar-refractivity contribution in [3.8, 4) is 0 Å². The van der Waals surface area contributed by atoms with Crippen LogP contribution < -0.4 is 5.32 Å². The third-order valence-electron chi connectivity index (χ3n) is 3.13. The maximum atomic E-state index is 13.7. The normalized spacial score (nSPS) is 16.8. The molecular formula is C15H11ClFNOS. The van der Waals surface area contributed by atoms with Crippen LogP contribution in [-0.2, 0) is 11.2 Å². The highest BCUT2D eigenvalue weighted by Crippen LogP contribution is 2.37. The number of halogens is 2. The third kappa shape index (κ3) is 2.67. The average Bonchev–Trinajstić information content (AvgIpc) is 2.86. The molecule has 0 saturated heterocycles. The zero-order valence-corrected chi connectivity index (χ0v) is 12.0. The van der Waals surface area contributed by atoms with Crippen LogP contribution in [0, 0.1) is 5.82 Å². The first-order chi connectivity index (χ1) is 9.63. The highest BCUT2D eigenvalue weighted by Gasteiger charge is 2.28. The van der Waals surface area contributed by atoms with Crippen LogP contribution in [0.5, 0.6) is 0 Å². The Kier molecular flexibility index (Phi) is 3.68. The van der Waals surface area contributed by atoms with Gasteiger partial charge in [0.15, 0.2) is 0 Å². The molecule has 1 N–H and O–H groups in total. The number of nitrogens with one attached hydrogen (secondary N) is 1. The van der Waals surface area contributed by atoms with Crippen LogP contribution in [0.1, 0.15) is 5.56 Å². The number of benzene rings is 2. The molecule has 2 nitrogen and oxygen atoms in total. The maximum Gasteiger partial charge on any atom is 0.238 e. The molecule has 1 atom stereocenters. The molecule has 0 radical (unpaired) electrons. The molecule has 0 aromatic heterocycles. The summed E-state index contributed by atoms with van der Waals surface area (Å²) >= 11 is 7.20. The Hall–Kier alpha value is -1.52. The van der Waals surface area contributed by atoms with Gasteiger partial charge in [-0.2, -0.15) is 0 Å². The van der Waals surface area contributed by atoms with Crippen molar-refractivity contribution in [2.75, 3.05) is 5.32 Å². The molecule has 2 aromatic rings. The van der Waals surface area contributed by atoms with E-state index in [0.29, 0.717) is 11.4 Å². The van der Waals surface area contributed by atoms with E-state index in [4.69, 9.17) is 11.6 Å². The van der Waals surface area contributed by atoms with Crippen LogP contribution >= 0.6 is 23.4 Å². The SMILES string of the molecule is O=C(Nc1ccc(Cl)cc1F)C1Cc2ccccc2S1. The van der Waals surface area contributed by atoms with Gasteiger partial charge in [0, 0.05) is 9.92 Å². The van der Waals surface area contributed by atoms with Gasteiger partial charge in [0.25, 0.3) is 0 Å². The topological polar surface area (TPSA) is 29.1 Å². The predicted molar refractivity (Wildman–Crippen MR) is 79.8 cm³/mol. The fraction of sp³-hybridized carbons (Fsp3) is 0.133. The van der Waals surface area contributed by atoms with Crippen molar-refractivity contribution >= 4 is 35.0 Å². The standard InChI is InChI=1S/C15H11ClFNOS/c16-10-5-6-12(11(17)8-10)18-15(19)14-7-9-3-1-2-4-13(9)20-14/h1-6,8,14H,7H2,(H,18,19). The van der Waals surface area contributed by atoms with Gasteiger partial charge in [-0.15, -0.1) is 11.8 Å². The highest BCUT2D eigenvalue weighted by atomic mass is 35.5. The average molecular weight is 308 g/mol. The minimum Gasteiger partial charge on any atom is -0.323 e. The molecule has 0 spiro atoms. The summed E-state index contributed by atoms with van der Waals surface area (Å²) in [5, 5.41) is 2.71. The zero-order valence-electron chi connectivity index (χ0n) is 10.4. The van der Waals surface area contributed by atoms with Crippen molar-refractivity contribution < 1.29 is 9.18 Å². The molecule has 5 heteroatoms. The first-order valence-electron chi connectivity index (χ1n) is 6.14. The van der Waals surface area contributed by atoms with Crippen LogP contribution in [0.3, 0.4) is 0 Å². The van der Waals surface area contributed by atoms with Crippen LogP contribution in [-0.4, -0.2) is 11.2 Å². The number of hydrogen-bond donors (Lipinski definition) is 1. The van der Waals surface area contributed by atoms with Gasteiger partial charge in [0.1, 0.15) is 5.82 Å². The minimum atomic E-state index is -0.522. The molecule has 1 heterocycles. The number of hydrogen-bond acceptors (Lipinski definition) is 2. The van der Waals surface area contributed by atoms with E-state index >= 15 is 0 Å².